The van der Waals surface area contributed by atoms with Crippen LogP contribution in [0.15, 0.2) is 0 Å². The van der Waals surface area contributed by atoms with Crippen molar-refractivity contribution >= 4 is 0 Å². The standard InChI is InChI=1S/C23H41NO2/c1-2-3-4-5-6-7-8-9-10-11-12-21-18-25-23(26-19-21)22-15-13-20(17-24)14-16-22/h20-23H,2-16,18-19H2,1H3/t20?,21-,22?,23-. The van der Waals surface area contributed by atoms with Gasteiger partial charge in [-0.2, -0.15) is 5.26 Å². The van der Waals surface area contributed by atoms with Crippen molar-refractivity contribution in [1.29, 1.82) is 5.26 Å². The molecule has 2 fully saturated rings. The highest BCUT2D eigenvalue weighted by atomic mass is 16.7. The summed E-state index contributed by atoms with van der Waals surface area (Å²) in [6.45, 7) is 4.03. The summed E-state index contributed by atoms with van der Waals surface area (Å²) in [7, 11) is 0. The number of nitriles is 1. The van der Waals surface area contributed by atoms with Crippen molar-refractivity contribution in [1.82, 2.24) is 0 Å². The third-order valence-electron chi connectivity index (χ3n) is 6.30. The van der Waals surface area contributed by atoms with Crippen LogP contribution < -0.4 is 0 Å². The van der Waals surface area contributed by atoms with Gasteiger partial charge in [-0.05, 0) is 32.1 Å². The van der Waals surface area contributed by atoms with E-state index in [-0.39, 0.29) is 12.2 Å². The van der Waals surface area contributed by atoms with Gasteiger partial charge in [0, 0.05) is 17.8 Å². The number of nitrogens with zero attached hydrogens (tertiary/aromatic N) is 1. The van der Waals surface area contributed by atoms with Crippen LogP contribution in [0.4, 0.5) is 0 Å². The van der Waals surface area contributed by atoms with Crippen LogP contribution >= 0.6 is 0 Å². The molecule has 1 heterocycles. The van der Waals surface area contributed by atoms with Gasteiger partial charge in [0.25, 0.3) is 0 Å². The average molecular weight is 364 g/mol. The summed E-state index contributed by atoms with van der Waals surface area (Å²) in [5, 5.41) is 9.00. The van der Waals surface area contributed by atoms with Crippen LogP contribution in [0.1, 0.15) is 103 Å². The molecule has 3 heteroatoms. The lowest BCUT2D eigenvalue weighted by molar-refractivity contribution is -0.229. The topological polar surface area (TPSA) is 42.2 Å². The molecule has 1 saturated carbocycles. The maximum absolute atomic E-state index is 9.00. The Morgan fingerprint density at radius 2 is 1.31 bits per heavy atom. The lowest BCUT2D eigenvalue weighted by Crippen LogP contribution is -2.38. The molecule has 0 radical (unpaired) electrons. The van der Waals surface area contributed by atoms with Gasteiger partial charge in [0.05, 0.1) is 19.3 Å². The zero-order valence-corrected chi connectivity index (χ0v) is 17.1. The number of rotatable bonds is 12. The molecule has 0 unspecified atom stereocenters. The van der Waals surface area contributed by atoms with Crippen LogP contribution in [-0.2, 0) is 9.47 Å². The zero-order valence-electron chi connectivity index (χ0n) is 17.1. The molecule has 2 rings (SSSR count). The Kier molecular flexibility index (Phi) is 11.3. The van der Waals surface area contributed by atoms with E-state index < -0.39 is 0 Å². The van der Waals surface area contributed by atoms with Crippen LogP contribution in [-0.4, -0.2) is 19.5 Å². The molecule has 26 heavy (non-hydrogen) atoms. The summed E-state index contributed by atoms with van der Waals surface area (Å²) >= 11 is 0. The summed E-state index contributed by atoms with van der Waals surface area (Å²) < 4.78 is 12.1. The number of hydrogen-bond acceptors (Lipinski definition) is 3. The summed E-state index contributed by atoms with van der Waals surface area (Å²) in [6, 6.07) is 2.41. The van der Waals surface area contributed by atoms with Gasteiger partial charge < -0.3 is 9.47 Å². The van der Waals surface area contributed by atoms with Gasteiger partial charge in [-0.3, -0.25) is 0 Å². The molecular weight excluding hydrogens is 322 g/mol. The van der Waals surface area contributed by atoms with Crippen molar-refractivity contribution in [3.8, 4) is 6.07 Å². The fraction of sp³-hybridized carbons (Fsp3) is 0.957. The Morgan fingerprint density at radius 3 is 1.85 bits per heavy atom. The van der Waals surface area contributed by atoms with Crippen molar-refractivity contribution in [2.75, 3.05) is 13.2 Å². The highest BCUT2D eigenvalue weighted by Crippen LogP contribution is 2.34. The maximum atomic E-state index is 9.00. The van der Waals surface area contributed by atoms with E-state index in [1.165, 1.54) is 70.6 Å². The third kappa shape index (κ3) is 8.40. The smallest absolute Gasteiger partial charge is 0.160 e. The molecule has 1 aliphatic heterocycles. The average Bonchev–Trinajstić information content (AvgIpc) is 2.70. The van der Waals surface area contributed by atoms with Crippen molar-refractivity contribution in [3.63, 3.8) is 0 Å². The molecule has 0 aromatic heterocycles. The summed E-state index contributed by atoms with van der Waals surface area (Å²) in [6.07, 6.45) is 19.5. The van der Waals surface area contributed by atoms with Crippen LogP contribution in [0.25, 0.3) is 0 Å². The van der Waals surface area contributed by atoms with Crippen molar-refractivity contribution < 1.29 is 9.47 Å². The molecule has 0 amide bonds. The van der Waals surface area contributed by atoms with Crippen LogP contribution in [0, 0.1) is 29.1 Å². The Balaban J connectivity index is 1.42. The predicted molar refractivity (Wildman–Crippen MR) is 107 cm³/mol. The van der Waals surface area contributed by atoms with Gasteiger partial charge in [0.2, 0.25) is 0 Å². The molecule has 0 aromatic carbocycles. The summed E-state index contributed by atoms with van der Waals surface area (Å²) in [4.78, 5) is 0. The van der Waals surface area contributed by atoms with Crippen LogP contribution in [0.5, 0.6) is 0 Å². The van der Waals surface area contributed by atoms with E-state index in [2.05, 4.69) is 13.0 Å². The Morgan fingerprint density at radius 1 is 0.769 bits per heavy atom. The molecule has 3 nitrogen and oxygen atoms in total. The fourth-order valence-electron chi connectivity index (χ4n) is 4.44. The van der Waals surface area contributed by atoms with Crippen LogP contribution in [0.3, 0.4) is 0 Å². The van der Waals surface area contributed by atoms with E-state index in [1.54, 1.807) is 0 Å². The quantitative estimate of drug-likeness (QED) is 0.366. The third-order valence-corrected chi connectivity index (χ3v) is 6.30. The maximum Gasteiger partial charge on any atom is 0.160 e. The van der Waals surface area contributed by atoms with Gasteiger partial charge in [-0.15, -0.1) is 0 Å². The van der Waals surface area contributed by atoms with E-state index in [1.807, 2.05) is 0 Å². The van der Waals surface area contributed by atoms with Crippen molar-refractivity contribution in [2.24, 2.45) is 17.8 Å². The van der Waals surface area contributed by atoms with Gasteiger partial charge in [0.1, 0.15) is 0 Å². The Bertz CT molecular complexity index is 376. The highest BCUT2D eigenvalue weighted by molar-refractivity contribution is 4.88. The first-order valence-electron chi connectivity index (χ1n) is 11.5. The minimum Gasteiger partial charge on any atom is -0.352 e. The second kappa shape index (κ2) is 13.6. The van der Waals surface area contributed by atoms with Gasteiger partial charge in [-0.25, -0.2) is 0 Å². The molecule has 0 bridgehead atoms. The molecule has 150 valence electrons. The molecular formula is C23H41NO2. The molecule has 0 aromatic rings. The van der Waals surface area contributed by atoms with Crippen molar-refractivity contribution in [3.05, 3.63) is 0 Å². The number of hydrogen-bond donors (Lipinski definition) is 0. The minimum absolute atomic E-state index is 0.00130. The first-order valence-corrected chi connectivity index (χ1v) is 11.5. The first kappa shape index (κ1) is 21.7. The second-order valence-electron chi connectivity index (χ2n) is 8.61. The monoisotopic (exact) mass is 363 g/mol. The molecule has 0 spiro atoms. The number of unbranched alkanes of at least 4 members (excludes halogenated alkanes) is 9. The zero-order chi connectivity index (χ0) is 18.5. The minimum atomic E-state index is -0.00130. The molecule has 0 atom stereocenters. The van der Waals surface area contributed by atoms with Crippen LogP contribution in [0.2, 0.25) is 0 Å². The van der Waals surface area contributed by atoms with E-state index in [0.717, 1.165) is 38.9 Å². The molecule has 1 saturated heterocycles. The Labute approximate surface area is 161 Å². The molecule has 1 aliphatic carbocycles. The van der Waals surface area contributed by atoms with Crippen molar-refractivity contribution in [2.45, 2.75) is 110 Å². The van der Waals surface area contributed by atoms with E-state index in [4.69, 9.17) is 14.7 Å². The number of ether oxygens (including phenoxy) is 2. The largest absolute Gasteiger partial charge is 0.352 e. The van der Waals surface area contributed by atoms with Gasteiger partial charge in [-0.1, -0.05) is 71.1 Å². The van der Waals surface area contributed by atoms with E-state index in [0.29, 0.717) is 11.8 Å². The van der Waals surface area contributed by atoms with Gasteiger partial charge in [0.15, 0.2) is 6.29 Å². The highest BCUT2D eigenvalue weighted by Gasteiger charge is 2.32. The predicted octanol–water partition coefficient (Wildman–Crippen LogP) is 6.62. The second-order valence-corrected chi connectivity index (χ2v) is 8.61. The van der Waals surface area contributed by atoms with Gasteiger partial charge >= 0.3 is 0 Å². The van der Waals surface area contributed by atoms with E-state index in [9.17, 15) is 0 Å². The summed E-state index contributed by atoms with van der Waals surface area (Å²) in [5.41, 5.74) is 0. The van der Waals surface area contributed by atoms with E-state index >= 15 is 0 Å². The lowest BCUT2D eigenvalue weighted by Gasteiger charge is -2.36. The molecule has 0 N–H and O–H groups in total. The first-order chi connectivity index (χ1) is 12.8. The molecule has 2 aliphatic rings. The lowest BCUT2D eigenvalue weighted by atomic mass is 9.82. The Hall–Kier alpha value is -0.590. The fourth-order valence-corrected chi connectivity index (χ4v) is 4.44. The summed E-state index contributed by atoms with van der Waals surface area (Å²) in [5.74, 6) is 1.37. The SMILES string of the molecule is CCCCCCCCCCCC[C@H]1CO[C@H](C2CCC(C#N)CC2)OC1. The normalized spacial score (nSPS) is 29.4.